The minimum absolute atomic E-state index is 0.0231. The number of halogens is 1. The summed E-state index contributed by atoms with van der Waals surface area (Å²) < 4.78 is 35.7. The number of amides is 1. The number of hydrogen-bond donors (Lipinski definition) is 1. The van der Waals surface area contributed by atoms with Gasteiger partial charge in [-0.15, -0.1) is 0 Å². The maximum atomic E-state index is 12.8. The molecule has 1 aromatic rings. The average Bonchev–Trinajstić information content (AvgIpc) is 2.96. The lowest BCUT2D eigenvalue weighted by atomic mass is 10.0. The standard InChI is InChI=1S/C18H25BrN2O5S/c1-25-15-8-12(9-16(26-2)17(15)19)18(22)20-13-10-27(23,24)11-14(13)21-6-4-3-5-7-21/h8-9,13-14H,3-7,10-11H2,1-2H3,(H,20,22). The molecular formula is C18H25BrN2O5S. The fraction of sp³-hybridized carbons (Fsp3) is 0.611. The Morgan fingerprint density at radius 3 is 2.26 bits per heavy atom. The van der Waals surface area contributed by atoms with Gasteiger partial charge in [0.2, 0.25) is 0 Å². The first-order valence-electron chi connectivity index (χ1n) is 9.01. The van der Waals surface area contributed by atoms with Crippen LogP contribution in [0.4, 0.5) is 0 Å². The van der Waals surface area contributed by atoms with Crippen LogP contribution in [-0.2, 0) is 9.84 Å². The number of likely N-dealkylation sites (tertiary alicyclic amines) is 1. The highest BCUT2D eigenvalue weighted by atomic mass is 79.9. The number of hydrogen-bond acceptors (Lipinski definition) is 6. The third-order valence-electron chi connectivity index (χ3n) is 5.21. The van der Waals surface area contributed by atoms with Crippen molar-refractivity contribution in [1.29, 1.82) is 0 Å². The molecule has 0 saturated carbocycles. The van der Waals surface area contributed by atoms with Crippen LogP contribution < -0.4 is 14.8 Å². The molecule has 0 radical (unpaired) electrons. The van der Waals surface area contributed by atoms with Gasteiger partial charge in [-0.2, -0.15) is 0 Å². The summed E-state index contributed by atoms with van der Waals surface area (Å²) >= 11 is 3.38. The van der Waals surface area contributed by atoms with Crippen LogP contribution in [0, 0.1) is 0 Å². The SMILES string of the molecule is COc1cc(C(=O)NC2CS(=O)(=O)CC2N2CCCCC2)cc(OC)c1Br. The topological polar surface area (TPSA) is 84.9 Å². The summed E-state index contributed by atoms with van der Waals surface area (Å²) in [6.07, 6.45) is 3.31. The molecule has 0 aromatic heterocycles. The van der Waals surface area contributed by atoms with Crippen LogP contribution >= 0.6 is 15.9 Å². The first-order valence-corrected chi connectivity index (χ1v) is 11.6. The number of carbonyl (C=O) groups excluding carboxylic acids is 1. The minimum Gasteiger partial charge on any atom is -0.495 e. The Labute approximate surface area is 168 Å². The Hall–Kier alpha value is -1.32. The average molecular weight is 461 g/mol. The molecule has 0 bridgehead atoms. The van der Waals surface area contributed by atoms with E-state index >= 15 is 0 Å². The molecule has 27 heavy (non-hydrogen) atoms. The molecule has 7 nitrogen and oxygen atoms in total. The first kappa shape index (κ1) is 20.4. The van der Waals surface area contributed by atoms with Gasteiger partial charge in [0.15, 0.2) is 9.84 Å². The summed E-state index contributed by atoms with van der Waals surface area (Å²) in [5, 5.41) is 2.93. The van der Waals surface area contributed by atoms with Crippen LogP contribution in [0.1, 0.15) is 29.6 Å². The fourth-order valence-corrected chi connectivity index (χ4v) is 6.33. The molecule has 3 rings (SSSR count). The summed E-state index contributed by atoms with van der Waals surface area (Å²) in [4.78, 5) is 15.0. The molecule has 1 aromatic carbocycles. The summed E-state index contributed by atoms with van der Waals surface area (Å²) in [5.41, 5.74) is 0.369. The van der Waals surface area contributed by atoms with E-state index in [1.165, 1.54) is 20.6 Å². The third kappa shape index (κ3) is 4.57. The zero-order valence-electron chi connectivity index (χ0n) is 15.5. The van der Waals surface area contributed by atoms with Crippen LogP contribution in [0.25, 0.3) is 0 Å². The number of piperidine rings is 1. The van der Waals surface area contributed by atoms with Gasteiger partial charge in [0.1, 0.15) is 16.0 Å². The normalized spacial score (nSPS) is 25.1. The van der Waals surface area contributed by atoms with Crippen molar-refractivity contribution >= 4 is 31.7 Å². The molecule has 2 aliphatic heterocycles. The Kier molecular flexibility index (Phi) is 6.32. The molecule has 1 amide bonds. The van der Waals surface area contributed by atoms with Crippen molar-refractivity contribution in [3.63, 3.8) is 0 Å². The van der Waals surface area contributed by atoms with E-state index in [1.807, 2.05) is 0 Å². The Balaban J connectivity index is 1.81. The van der Waals surface area contributed by atoms with E-state index in [1.54, 1.807) is 12.1 Å². The van der Waals surface area contributed by atoms with E-state index in [0.717, 1.165) is 25.9 Å². The molecule has 1 N–H and O–H groups in total. The molecule has 2 heterocycles. The van der Waals surface area contributed by atoms with E-state index in [0.29, 0.717) is 21.5 Å². The Morgan fingerprint density at radius 2 is 1.70 bits per heavy atom. The number of benzene rings is 1. The van der Waals surface area contributed by atoms with Crippen LogP contribution in [0.3, 0.4) is 0 Å². The van der Waals surface area contributed by atoms with Gasteiger partial charge in [-0.3, -0.25) is 9.69 Å². The van der Waals surface area contributed by atoms with E-state index in [2.05, 4.69) is 26.1 Å². The largest absolute Gasteiger partial charge is 0.495 e. The monoisotopic (exact) mass is 460 g/mol. The van der Waals surface area contributed by atoms with Crippen LogP contribution in [0.2, 0.25) is 0 Å². The van der Waals surface area contributed by atoms with Crippen molar-refractivity contribution in [3.8, 4) is 11.5 Å². The zero-order valence-corrected chi connectivity index (χ0v) is 17.9. The smallest absolute Gasteiger partial charge is 0.251 e. The van der Waals surface area contributed by atoms with E-state index in [9.17, 15) is 13.2 Å². The van der Waals surface area contributed by atoms with Crippen LogP contribution in [0.5, 0.6) is 11.5 Å². The van der Waals surface area contributed by atoms with Crippen LogP contribution in [0.15, 0.2) is 16.6 Å². The van der Waals surface area contributed by atoms with Gasteiger partial charge >= 0.3 is 0 Å². The Morgan fingerprint density at radius 1 is 1.11 bits per heavy atom. The minimum atomic E-state index is -3.17. The number of ether oxygens (including phenoxy) is 2. The highest BCUT2D eigenvalue weighted by molar-refractivity contribution is 9.10. The first-order chi connectivity index (χ1) is 12.8. The summed E-state index contributed by atoms with van der Waals surface area (Å²) in [7, 11) is -0.145. The molecule has 2 unspecified atom stereocenters. The molecule has 150 valence electrons. The summed E-state index contributed by atoms with van der Waals surface area (Å²) in [6, 6.07) is 2.64. The van der Waals surface area contributed by atoms with Crippen molar-refractivity contribution in [2.75, 3.05) is 38.8 Å². The van der Waals surface area contributed by atoms with Crippen molar-refractivity contribution < 1.29 is 22.7 Å². The van der Waals surface area contributed by atoms with E-state index in [-0.39, 0.29) is 23.5 Å². The van der Waals surface area contributed by atoms with E-state index in [4.69, 9.17) is 9.47 Å². The van der Waals surface area contributed by atoms with E-state index < -0.39 is 15.9 Å². The second kappa shape index (κ2) is 8.36. The predicted molar refractivity (Wildman–Crippen MR) is 106 cm³/mol. The van der Waals surface area contributed by atoms with Gasteiger partial charge in [0.05, 0.1) is 31.8 Å². The maximum absolute atomic E-state index is 12.8. The number of carbonyl (C=O) groups is 1. The molecular weight excluding hydrogens is 436 g/mol. The number of nitrogens with one attached hydrogen (secondary N) is 1. The summed E-state index contributed by atoms with van der Waals surface area (Å²) in [5.74, 6) is 0.704. The molecule has 0 aliphatic carbocycles. The lowest BCUT2D eigenvalue weighted by molar-refractivity contribution is 0.0899. The van der Waals surface area contributed by atoms with Crippen molar-refractivity contribution in [1.82, 2.24) is 10.2 Å². The van der Waals surface area contributed by atoms with Crippen molar-refractivity contribution in [3.05, 3.63) is 22.2 Å². The van der Waals surface area contributed by atoms with Gasteiger partial charge < -0.3 is 14.8 Å². The third-order valence-corrected chi connectivity index (χ3v) is 7.70. The van der Waals surface area contributed by atoms with Gasteiger partial charge in [-0.1, -0.05) is 6.42 Å². The second-order valence-corrected chi connectivity index (χ2v) is 9.96. The highest BCUT2D eigenvalue weighted by Crippen LogP contribution is 2.35. The molecule has 2 saturated heterocycles. The van der Waals surface area contributed by atoms with Gasteiger partial charge in [0.25, 0.3) is 5.91 Å². The van der Waals surface area contributed by atoms with Gasteiger partial charge in [-0.25, -0.2) is 8.42 Å². The second-order valence-electron chi connectivity index (χ2n) is 7.02. The lowest BCUT2D eigenvalue weighted by Crippen LogP contribution is -2.52. The quantitative estimate of drug-likeness (QED) is 0.721. The molecule has 2 atom stereocenters. The van der Waals surface area contributed by atoms with Crippen LogP contribution in [-0.4, -0.2) is 70.1 Å². The fourth-order valence-electron chi connectivity index (χ4n) is 3.83. The highest BCUT2D eigenvalue weighted by Gasteiger charge is 2.42. The number of sulfone groups is 1. The molecule has 2 aliphatic rings. The Bertz CT molecular complexity index is 783. The summed E-state index contributed by atoms with van der Waals surface area (Å²) in [6.45, 7) is 1.76. The van der Waals surface area contributed by atoms with Gasteiger partial charge in [-0.05, 0) is 54.0 Å². The number of methoxy groups -OCH3 is 2. The molecule has 0 spiro atoms. The zero-order chi connectivity index (χ0) is 19.6. The lowest BCUT2D eigenvalue weighted by Gasteiger charge is -2.35. The predicted octanol–water partition coefficient (Wildman–Crippen LogP) is 1.85. The van der Waals surface area contributed by atoms with Crippen molar-refractivity contribution in [2.45, 2.75) is 31.3 Å². The van der Waals surface area contributed by atoms with Crippen molar-refractivity contribution in [2.24, 2.45) is 0 Å². The number of rotatable bonds is 5. The molecule has 9 heteroatoms. The molecule has 2 fully saturated rings. The maximum Gasteiger partial charge on any atom is 0.251 e. The number of nitrogens with zero attached hydrogens (tertiary/aromatic N) is 1. The van der Waals surface area contributed by atoms with Gasteiger partial charge in [0, 0.05) is 11.6 Å².